The summed E-state index contributed by atoms with van der Waals surface area (Å²) < 4.78 is 44.2. The maximum absolute atomic E-state index is 12.8. The summed E-state index contributed by atoms with van der Waals surface area (Å²) in [6.45, 7) is 0.216. The van der Waals surface area contributed by atoms with Crippen molar-refractivity contribution in [3.05, 3.63) is 59.3 Å². The van der Waals surface area contributed by atoms with Crippen molar-refractivity contribution in [2.45, 2.75) is 50.9 Å². The molecular formula is C20H21F3N2O2. The molecule has 1 saturated carbocycles. The zero-order valence-corrected chi connectivity index (χ0v) is 14.8. The topological polar surface area (TPSA) is 51.2 Å². The standard InChI is InChI=1S/C20H21F3N2O2/c21-20(22,23)16-7-3-5-14(11-16)12-18(26)25-13-15-6-4-10-24-19(15)27-17-8-1-2-9-17/h3-7,10-11,17H,1-2,8-9,12-13H2,(H,25,26). The molecule has 1 aliphatic rings. The fourth-order valence-electron chi connectivity index (χ4n) is 3.13. The first-order chi connectivity index (χ1) is 12.9. The SMILES string of the molecule is O=C(Cc1cccc(C(F)(F)F)c1)NCc1cccnc1OC1CCCC1. The van der Waals surface area contributed by atoms with E-state index in [9.17, 15) is 18.0 Å². The number of hydrogen-bond donors (Lipinski definition) is 1. The monoisotopic (exact) mass is 378 g/mol. The highest BCUT2D eigenvalue weighted by atomic mass is 19.4. The molecule has 0 atom stereocenters. The highest BCUT2D eigenvalue weighted by Crippen LogP contribution is 2.29. The molecule has 1 aromatic carbocycles. The second kappa shape index (κ2) is 8.41. The Morgan fingerprint density at radius 2 is 1.96 bits per heavy atom. The molecule has 144 valence electrons. The predicted octanol–water partition coefficient (Wildman–Crippen LogP) is 4.28. The molecule has 0 aliphatic heterocycles. The zero-order valence-electron chi connectivity index (χ0n) is 14.8. The fraction of sp³-hybridized carbons (Fsp3) is 0.400. The second-order valence-electron chi connectivity index (χ2n) is 6.64. The van der Waals surface area contributed by atoms with E-state index in [2.05, 4.69) is 10.3 Å². The van der Waals surface area contributed by atoms with Crippen LogP contribution >= 0.6 is 0 Å². The molecule has 0 bridgehead atoms. The van der Waals surface area contributed by atoms with Gasteiger partial charge in [0.2, 0.25) is 11.8 Å². The van der Waals surface area contributed by atoms with Crippen molar-refractivity contribution in [1.82, 2.24) is 10.3 Å². The van der Waals surface area contributed by atoms with Gasteiger partial charge in [0, 0.05) is 18.3 Å². The Bertz CT molecular complexity index is 787. The Balaban J connectivity index is 1.58. The van der Waals surface area contributed by atoms with Crippen LogP contribution in [-0.4, -0.2) is 17.0 Å². The lowest BCUT2D eigenvalue weighted by Gasteiger charge is -2.15. The van der Waals surface area contributed by atoms with Gasteiger partial charge in [-0.2, -0.15) is 13.2 Å². The van der Waals surface area contributed by atoms with Gasteiger partial charge in [-0.15, -0.1) is 0 Å². The molecule has 1 heterocycles. The smallest absolute Gasteiger partial charge is 0.416 e. The number of hydrogen-bond acceptors (Lipinski definition) is 3. The molecule has 2 aromatic rings. The third kappa shape index (κ3) is 5.45. The highest BCUT2D eigenvalue weighted by molar-refractivity contribution is 5.78. The van der Waals surface area contributed by atoms with Crippen LogP contribution in [0.4, 0.5) is 13.2 Å². The van der Waals surface area contributed by atoms with Crippen molar-refractivity contribution in [3.63, 3.8) is 0 Å². The van der Waals surface area contributed by atoms with Gasteiger partial charge in [-0.1, -0.05) is 24.3 Å². The third-order valence-electron chi connectivity index (χ3n) is 4.53. The van der Waals surface area contributed by atoms with E-state index in [4.69, 9.17) is 4.74 Å². The average molecular weight is 378 g/mol. The van der Waals surface area contributed by atoms with Crippen LogP contribution in [0.2, 0.25) is 0 Å². The summed E-state index contributed by atoms with van der Waals surface area (Å²) in [6.07, 6.45) is 1.52. The van der Waals surface area contributed by atoms with E-state index in [0.717, 1.165) is 43.4 Å². The quantitative estimate of drug-likeness (QED) is 0.816. The van der Waals surface area contributed by atoms with Crippen LogP contribution in [0.1, 0.15) is 42.4 Å². The minimum atomic E-state index is -4.42. The minimum absolute atomic E-state index is 0.122. The van der Waals surface area contributed by atoms with Gasteiger partial charge in [-0.25, -0.2) is 4.98 Å². The number of rotatable bonds is 6. The number of ether oxygens (including phenoxy) is 1. The van der Waals surface area contributed by atoms with Crippen molar-refractivity contribution in [2.24, 2.45) is 0 Å². The van der Waals surface area contributed by atoms with Crippen LogP contribution in [0.3, 0.4) is 0 Å². The molecule has 4 nitrogen and oxygen atoms in total. The van der Waals surface area contributed by atoms with E-state index in [1.165, 1.54) is 12.1 Å². The molecule has 0 radical (unpaired) electrons. The molecule has 3 rings (SSSR count). The molecule has 0 spiro atoms. The lowest BCUT2D eigenvalue weighted by molar-refractivity contribution is -0.137. The van der Waals surface area contributed by atoms with E-state index < -0.39 is 11.7 Å². The van der Waals surface area contributed by atoms with Gasteiger partial charge in [0.1, 0.15) is 6.10 Å². The van der Waals surface area contributed by atoms with Crippen LogP contribution in [0.15, 0.2) is 42.6 Å². The number of alkyl halides is 3. The maximum Gasteiger partial charge on any atom is 0.416 e. The van der Waals surface area contributed by atoms with Crippen LogP contribution in [0.25, 0.3) is 0 Å². The van der Waals surface area contributed by atoms with Gasteiger partial charge < -0.3 is 10.1 Å². The molecule has 1 aliphatic carbocycles. The number of aromatic nitrogens is 1. The Morgan fingerprint density at radius 1 is 1.19 bits per heavy atom. The Morgan fingerprint density at radius 3 is 2.70 bits per heavy atom. The number of carbonyl (C=O) groups is 1. The summed E-state index contributed by atoms with van der Waals surface area (Å²) >= 11 is 0. The van der Waals surface area contributed by atoms with Gasteiger partial charge in [-0.3, -0.25) is 4.79 Å². The van der Waals surface area contributed by atoms with Crippen LogP contribution in [0, 0.1) is 0 Å². The summed E-state index contributed by atoms with van der Waals surface area (Å²) in [5.41, 5.74) is 0.310. The Kier molecular flexibility index (Phi) is 5.98. The number of benzene rings is 1. The first-order valence-electron chi connectivity index (χ1n) is 8.95. The molecule has 1 N–H and O–H groups in total. The molecular weight excluding hydrogens is 357 g/mol. The lowest BCUT2D eigenvalue weighted by atomic mass is 10.1. The fourth-order valence-corrected chi connectivity index (χ4v) is 3.13. The predicted molar refractivity (Wildman–Crippen MR) is 94.1 cm³/mol. The van der Waals surface area contributed by atoms with Gasteiger partial charge in [0.25, 0.3) is 0 Å². The number of amides is 1. The molecule has 0 unspecified atom stereocenters. The van der Waals surface area contributed by atoms with Gasteiger partial charge in [0.05, 0.1) is 12.0 Å². The van der Waals surface area contributed by atoms with Crippen molar-refractivity contribution in [2.75, 3.05) is 0 Å². The number of halogens is 3. The highest BCUT2D eigenvalue weighted by Gasteiger charge is 2.30. The number of pyridine rings is 1. The second-order valence-corrected chi connectivity index (χ2v) is 6.64. The van der Waals surface area contributed by atoms with Gasteiger partial charge in [-0.05, 0) is 43.4 Å². The molecule has 27 heavy (non-hydrogen) atoms. The molecule has 0 saturated heterocycles. The van der Waals surface area contributed by atoms with Crippen LogP contribution in [-0.2, 0) is 23.9 Å². The van der Waals surface area contributed by atoms with E-state index in [1.807, 2.05) is 6.07 Å². The van der Waals surface area contributed by atoms with Crippen molar-refractivity contribution in [1.29, 1.82) is 0 Å². The van der Waals surface area contributed by atoms with Gasteiger partial charge in [0.15, 0.2) is 0 Å². The maximum atomic E-state index is 12.8. The molecule has 7 heteroatoms. The summed E-state index contributed by atoms with van der Waals surface area (Å²) in [6, 6.07) is 8.38. The molecule has 1 aromatic heterocycles. The largest absolute Gasteiger partial charge is 0.474 e. The average Bonchev–Trinajstić information content (AvgIpc) is 3.14. The number of nitrogens with zero attached hydrogens (tertiary/aromatic N) is 1. The van der Waals surface area contributed by atoms with E-state index in [1.54, 1.807) is 12.3 Å². The first kappa shape index (κ1) is 19.2. The van der Waals surface area contributed by atoms with E-state index in [0.29, 0.717) is 11.4 Å². The number of carbonyl (C=O) groups excluding carboxylic acids is 1. The summed E-state index contributed by atoms with van der Waals surface area (Å²) in [4.78, 5) is 16.4. The minimum Gasteiger partial charge on any atom is -0.474 e. The van der Waals surface area contributed by atoms with Crippen LogP contribution < -0.4 is 10.1 Å². The van der Waals surface area contributed by atoms with Crippen molar-refractivity contribution >= 4 is 5.91 Å². The summed E-state index contributed by atoms with van der Waals surface area (Å²) in [5, 5.41) is 2.73. The zero-order chi connectivity index (χ0) is 19.3. The first-order valence-corrected chi connectivity index (χ1v) is 8.95. The molecule has 1 fully saturated rings. The number of nitrogens with one attached hydrogen (secondary N) is 1. The van der Waals surface area contributed by atoms with E-state index in [-0.39, 0.29) is 25.0 Å². The van der Waals surface area contributed by atoms with E-state index >= 15 is 0 Å². The van der Waals surface area contributed by atoms with Crippen molar-refractivity contribution < 1.29 is 22.7 Å². The normalized spacial score (nSPS) is 14.9. The Labute approximate surface area is 155 Å². The lowest BCUT2D eigenvalue weighted by Crippen LogP contribution is -2.25. The molecule has 1 amide bonds. The summed E-state index contributed by atoms with van der Waals surface area (Å²) in [7, 11) is 0. The third-order valence-corrected chi connectivity index (χ3v) is 4.53. The van der Waals surface area contributed by atoms with Gasteiger partial charge >= 0.3 is 6.18 Å². The van der Waals surface area contributed by atoms with Crippen LogP contribution in [0.5, 0.6) is 5.88 Å². The Hall–Kier alpha value is -2.57. The summed E-state index contributed by atoms with van der Waals surface area (Å²) in [5.74, 6) is 0.147. The van der Waals surface area contributed by atoms with Crippen molar-refractivity contribution in [3.8, 4) is 5.88 Å².